The molecule has 3 aromatic carbocycles. The Labute approximate surface area is 238 Å². The Kier molecular flexibility index (Phi) is 12.8. The van der Waals surface area contributed by atoms with E-state index >= 15 is 0 Å². The van der Waals surface area contributed by atoms with Gasteiger partial charge in [0, 0.05) is 29.2 Å². The van der Waals surface area contributed by atoms with E-state index in [4.69, 9.17) is 14.2 Å². The normalized spacial score (nSPS) is 12.8. The van der Waals surface area contributed by atoms with Crippen LogP contribution in [-0.4, -0.2) is 51.9 Å². The number of nitrogens with one attached hydrogen (secondary N) is 1. The largest absolute Gasteiger partial charge is 0.491 e. The van der Waals surface area contributed by atoms with E-state index in [0.29, 0.717) is 49.8 Å². The Bertz CT molecular complexity index is 1250. The molecule has 2 atom stereocenters. The Balaban J connectivity index is 1.33. The monoisotopic (exact) mass is 569 g/mol. The van der Waals surface area contributed by atoms with Crippen molar-refractivity contribution in [2.45, 2.75) is 56.7 Å². The number of benzene rings is 3. The van der Waals surface area contributed by atoms with Crippen LogP contribution < -0.4 is 14.8 Å². The smallest absolute Gasteiger partial charge is 0.308 e. The second-order valence-electron chi connectivity index (χ2n) is 9.63. The minimum atomic E-state index is -1.01. The zero-order valence-corrected chi connectivity index (χ0v) is 24.1. The quantitative estimate of drug-likeness (QED) is 0.134. The first-order valence-corrected chi connectivity index (χ1v) is 14.6. The molecule has 0 aliphatic carbocycles. The Morgan fingerprint density at radius 3 is 2.48 bits per heavy atom. The van der Waals surface area contributed by atoms with Gasteiger partial charge >= 0.3 is 5.97 Å². The fourth-order valence-electron chi connectivity index (χ4n) is 3.97. The number of esters is 1. The van der Waals surface area contributed by atoms with Crippen molar-refractivity contribution in [1.29, 1.82) is 0 Å². The van der Waals surface area contributed by atoms with Gasteiger partial charge in [0.1, 0.15) is 18.1 Å². The first-order valence-electron chi connectivity index (χ1n) is 13.4. The van der Waals surface area contributed by atoms with Crippen molar-refractivity contribution in [2.75, 3.05) is 26.3 Å². The van der Waals surface area contributed by atoms with Gasteiger partial charge in [-0.25, -0.2) is 0 Å². The number of ether oxygens (including phenoxy) is 3. The van der Waals surface area contributed by atoms with Crippen LogP contribution >= 0.6 is 0 Å². The summed E-state index contributed by atoms with van der Waals surface area (Å²) in [6.07, 6.45) is 0.0203. The maximum Gasteiger partial charge on any atom is 0.308 e. The molecule has 40 heavy (non-hydrogen) atoms. The molecule has 9 heteroatoms. The predicted molar refractivity (Wildman–Crippen MR) is 155 cm³/mol. The van der Waals surface area contributed by atoms with Crippen molar-refractivity contribution in [3.8, 4) is 11.5 Å². The molecule has 0 aromatic heterocycles. The van der Waals surface area contributed by atoms with Crippen molar-refractivity contribution >= 4 is 16.8 Å². The number of aliphatic hydroxyl groups excluding tert-OH is 2. The van der Waals surface area contributed by atoms with Gasteiger partial charge in [-0.3, -0.25) is 9.00 Å². The number of rotatable bonds is 16. The lowest BCUT2D eigenvalue weighted by molar-refractivity contribution is -0.131. The van der Waals surface area contributed by atoms with E-state index in [0.717, 1.165) is 28.2 Å². The van der Waals surface area contributed by atoms with Crippen LogP contribution in [0.5, 0.6) is 11.5 Å². The van der Waals surface area contributed by atoms with Gasteiger partial charge in [0.2, 0.25) is 0 Å². The summed E-state index contributed by atoms with van der Waals surface area (Å²) in [5.41, 5.74) is 3.21. The van der Waals surface area contributed by atoms with Crippen LogP contribution in [0, 0.1) is 0 Å². The summed E-state index contributed by atoms with van der Waals surface area (Å²) < 4.78 is 28.9. The van der Waals surface area contributed by atoms with E-state index in [1.165, 1.54) is 6.92 Å². The molecule has 216 valence electrons. The highest BCUT2D eigenvalue weighted by Crippen LogP contribution is 2.24. The summed E-state index contributed by atoms with van der Waals surface area (Å²) >= 11 is 0. The third-order valence-electron chi connectivity index (χ3n) is 6.07. The summed E-state index contributed by atoms with van der Waals surface area (Å²) in [7, 11) is -1.01. The molecule has 1 unspecified atom stereocenters. The summed E-state index contributed by atoms with van der Waals surface area (Å²) in [5.74, 6) is 0.595. The molecule has 0 fully saturated rings. The number of hydrogen-bond donors (Lipinski definition) is 3. The molecule has 0 saturated heterocycles. The second kappa shape index (κ2) is 16.2. The van der Waals surface area contributed by atoms with Gasteiger partial charge in [-0.05, 0) is 66.1 Å². The lowest BCUT2D eigenvalue weighted by atomic mass is 10.0. The summed E-state index contributed by atoms with van der Waals surface area (Å²) in [6, 6.07) is 20.5. The fraction of sp³-hybridized carbons (Fsp3) is 0.387. The third kappa shape index (κ3) is 10.1. The molecule has 0 aliphatic rings. The highest BCUT2D eigenvalue weighted by atomic mass is 32.2. The van der Waals surface area contributed by atoms with Crippen molar-refractivity contribution in [1.82, 2.24) is 5.32 Å². The lowest BCUT2D eigenvalue weighted by Crippen LogP contribution is -2.24. The Morgan fingerprint density at radius 1 is 1.00 bits per heavy atom. The topological polar surface area (TPSA) is 114 Å². The molecule has 3 N–H and O–H groups in total. The molecule has 0 bridgehead atoms. The van der Waals surface area contributed by atoms with Crippen LogP contribution in [0.25, 0.3) is 0 Å². The van der Waals surface area contributed by atoms with Crippen molar-refractivity contribution in [3.05, 3.63) is 89.0 Å². The van der Waals surface area contributed by atoms with E-state index in [1.807, 2.05) is 62.4 Å². The van der Waals surface area contributed by atoms with Crippen LogP contribution in [0.3, 0.4) is 0 Å². The summed E-state index contributed by atoms with van der Waals surface area (Å²) in [4.78, 5) is 12.0. The van der Waals surface area contributed by atoms with Gasteiger partial charge in [-0.15, -0.1) is 0 Å². The van der Waals surface area contributed by atoms with E-state index in [2.05, 4.69) is 5.32 Å². The van der Waals surface area contributed by atoms with Gasteiger partial charge in [-0.1, -0.05) is 44.2 Å². The molecule has 0 saturated carbocycles. The minimum Gasteiger partial charge on any atom is -0.491 e. The van der Waals surface area contributed by atoms with Crippen LogP contribution in [0.4, 0.5) is 0 Å². The highest BCUT2D eigenvalue weighted by Gasteiger charge is 2.12. The van der Waals surface area contributed by atoms with E-state index in [1.54, 1.807) is 18.2 Å². The van der Waals surface area contributed by atoms with Gasteiger partial charge < -0.3 is 29.7 Å². The zero-order valence-electron chi connectivity index (χ0n) is 23.3. The summed E-state index contributed by atoms with van der Waals surface area (Å²) in [6.45, 7) is 7.23. The number of carbonyl (C=O) groups excluding carboxylic acids is 1. The average Bonchev–Trinajstić information content (AvgIpc) is 2.95. The maximum atomic E-state index is 12.3. The van der Waals surface area contributed by atoms with Crippen LogP contribution in [0.2, 0.25) is 0 Å². The maximum absolute atomic E-state index is 12.3. The molecule has 3 rings (SSSR count). The molecule has 0 spiro atoms. The van der Waals surface area contributed by atoms with Crippen LogP contribution in [0.1, 0.15) is 49.1 Å². The molecule has 0 amide bonds. The molecule has 0 heterocycles. The standard InChI is InChI=1S/C31H39NO7S/c1-22(2)40(36)29-6-4-5-25(17-29)21-37-15-16-38-28-10-7-24(8-11-28)13-14-32-19-30(35)26-9-12-31(39-23(3)34)27(18-26)20-33/h4-12,17-18,22,30,32-33,35H,13-16,19-21H2,1-3H3/t30-,40?/m0/s1. The van der Waals surface area contributed by atoms with Gasteiger partial charge in [-0.2, -0.15) is 0 Å². The number of carbonyl (C=O) groups is 1. The van der Waals surface area contributed by atoms with Gasteiger partial charge in [0.15, 0.2) is 0 Å². The third-order valence-corrected chi connectivity index (χ3v) is 7.64. The second-order valence-corrected chi connectivity index (χ2v) is 11.6. The van der Waals surface area contributed by atoms with E-state index in [-0.39, 0.29) is 11.9 Å². The molecular formula is C31H39NO7S. The lowest BCUT2D eigenvalue weighted by Gasteiger charge is -2.15. The fourth-order valence-corrected chi connectivity index (χ4v) is 4.99. The van der Waals surface area contributed by atoms with Crippen LogP contribution in [-0.2, 0) is 40.0 Å². The van der Waals surface area contributed by atoms with E-state index in [9.17, 15) is 19.2 Å². The van der Waals surface area contributed by atoms with Crippen molar-refractivity contribution in [3.63, 3.8) is 0 Å². The Morgan fingerprint density at radius 2 is 1.77 bits per heavy atom. The predicted octanol–water partition coefficient (Wildman–Crippen LogP) is 4.08. The molecule has 8 nitrogen and oxygen atoms in total. The molecule has 0 aliphatic heterocycles. The highest BCUT2D eigenvalue weighted by molar-refractivity contribution is 7.85. The molecule has 0 radical (unpaired) electrons. The van der Waals surface area contributed by atoms with Crippen molar-refractivity contribution in [2.24, 2.45) is 0 Å². The first-order chi connectivity index (χ1) is 19.3. The zero-order chi connectivity index (χ0) is 28.9. The van der Waals surface area contributed by atoms with Crippen LogP contribution in [0.15, 0.2) is 71.6 Å². The first kappa shape index (κ1) is 31.4. The van der Waals surface area contributed by atoms with E-state index < -0.39 is 22.9 Å². The molecule has 3 aromatic rings. The SMILES string of the molecule is CC(=O)Oc1ccc([C@@H](O)CNCCc2ccc(OCCOCc3cccc(S(=O)C(C)C)c3)cc2)cc1CO. The minimum absolute atomic E-state index is 0.0762. The Hall–Kier alpha value is -3.08. The van der Waals surface area contributed by atoms with Crippen molar-refractivity contribution < 1.29 is 33.4 Å². The number of hydrogen-bond acceptors (Lipinski definition) is 8. The number of aliphatic hydroxyl groups is 2. The van der Waals surface area contributed by atoms with Gasteiger partial charge in [0.25, 0.3) is 0 Å². The summed E-state index contributed by atoms with van der Waals surface area (Å²) in [5, 5.41) is 23.4. The van der Waals surface area contributed by atoms with Gasteiger partial charge in [0.05, 0.1) is 36.7 Å². The average molecular weight is 570 g/mol. The molecular weight excluding hydrogens is 530 g/mol.